The highest BCUT2D eigenvalue weighted by atomic mass is 15.3. The topological polar surface area (TPSA) is 33.4 Å². The lowest BCUT2D eigenvalue weighted by Crippen LogP contribution is -2.29. The van der Waals surface area contributed by atoms with Crippen LogP contribution >= 0.6 is 0 Å². The van der Waals surface area contributed by atoms with Gasteiger partial charge in [-0.3, -0.25) is 0 Å². The van der Waals surface area contributed by atoms with Crippen LogP contribution in [0.15, 0.2) is 66.7 Å². The predicted molar refractivity (Wildman–Crippen MR) is 129 cm³/mol. The van der Waals surface area contributed by atoms with Gasteiger partial charge in [-0.25, -0.2) is 9.50 Å². The normalized spacial score (nSPS) is 14.7. The minimum Gasteiger partial charge on any atom is -0.371 e. The van der Waals surface area contributed by atoms with Crippen LogP contribution in [0.5, 0.6) is 0 Å². The van der Waals surface area contributed by atoms with Crippen LogP contribution in [0.2, 0.25) is 0 Å². The SMILES string of the molecule is CCc1ccc(-c2nn3c4cc(N5CCCCC5)ccc4nc3c3ccccc23)cc1. The van der Waals surface area contributed by atoms with E-state index in [1.165, 1.54) is 30.5 Å². The molecule has 5 aromatic rings. The van der Waals surface area contributed by atoms with E-state index in [9.17, 15) is 0 Å². The molecule has 154 valence electrons. The van der Waals surface area contributed by atoms with Crippen LogP contribution in [-0.4, -0.2) is 27.7 Å². The monoisotopic (exact) mass is 406 g/mol. The molecule has 3 heterocycles. The summed E-state index contributed by atoms with van der Waals surface area (Å²) in [6, 6.07) is 23.9. The van der Waals surface area contributed by atoms with Gasteiger partial charge in [-0.05, 0) is 49.4 Å². The van der Waals surface area contributed by atoms with Gasteiger partial charge >= 0.3 is 0 Å². The van der Waals surface area contributed by atoms with Crippen molar-refractivity contribution >= 4 is 33.1 Å². The lowest BCUT2D eigenvalue weighted by atomic mass is 10.0. The lowest BCUT2D eigenvalue weighted by molar-refractivity contribution is 0.578. The first-order valence-corrected chi connectivity index (χ1v) is 11.4. The first-order chi connectivity index (χ1) is 15.3. The number of aromatic nitrogens is 3. The summed E-state index contributed by atoms with van der Waals surface area (Å²) in [5, 5.41) is 7.42. The maximum Gasteiger partial charge on any atom is 0.162 e. The second-order valence-electron chi connectivity index (χ2n) is 8.51. The van der Waals surface area contributed by atoms with Crippen molar-refractivity contribution in [2.24, 2.45) is 0 Å². The number of piperidine rings is 1. The molecule has 0 spiro atoms. The van der Waals surface area contributed by atoms with Gasteiger partial charge in [0.15, 0.2) is 5.65 Å². The van der Waals surface area contributed by atoms with Crippen LogP contribution in [0.3, 0.4) is 0 Å². The Morgan fingerprint density at radius 1 is 0.839 bits per heavy atom. The number of fused-ring (bicyclic) bond motifs is 5. The van der Waals surface area contributed by atoms with Crippen LogP contribution in [0.4, 0.5) is 5.69 Å². The molecule has 31 heavy (non-hydrogen) atoms. The second kappa shape index (κ2) is 7.38. The van der Waals surface area contributed by atoms with E-state index >= 15 is 0 Å². The second-order valence-corrected chi connectivity index (χ2v) is 8.51. The molecule has 6 rings (SSSR count). The third kappa shape index (κ3) is 3.05. The molecule has 0 N–H and O–H groups in total. The van der Waals surface area contributed by atoms with E-state index in [0.717, 1.165) is 58.2 Å². The molecule has 1 aliphatic heterocycles. The number of nitrogens with zero attached hydrogens (tertiary/aromatic N) is 4. The summed E-state index contributed by atoms with van der Waals surface area (Å²) in [5.74, 6) is 0. The van der Waals surface area contributed by atoms with Crippen LogP contribution in [0.1, 0.15) is 31.7 Å². The molecule has 0 saturated carbocycles. The van der Waals surface area contributed by atoms with Crippen molar-refractivity contribution < 1.29 is 0 Å². The molecular weight excluding hydrogens is 380 g/mol. The molecule has 1 fully saturated rings. The van der Waals surface area contributed by atoms with E-state index < -0.39 is 0 Å². The van der Waals surface area contributed by atoms with Gasteiger partial charge in [0, 0.05) is 35.1 Å². The molecule has 4 heteroatoms. The molecular formula is C27H26N4. The highest BCUT2D eigenvalue weighted by molar-refractivity contribution is 6.04. The Labute approximate surface area is 182 Å². The minimum absolute atomic E-state index is 0.926. The first-order valence-electron chi connectivity index (χ1n) is 11.4. The molecule has 0 bridgehead atoms. The highest BCUT2D eigenvalue weighted by Crippen LogP contribution is 2.32. The number of anilines is 1. The zero-order valence-electron chi connectivity index (χ0n) is 17.9. The predicted octanol–water partition coefficient (Wildman–Crippen LogP) is 6.26. The number of aryl methyl sites for hydroxylation is 1. The summed E-state index contributed by atoms with van der Waals surface area (Å²) in [4.78, 5) is 7.47. The summed E-state index contributed by atoms with van der Waals surface area (Å²) in [6.45, 7) is 4.45. The van der Waals surface area contributed by atoms with Gasteiger partial charge in [0.05, 0.1) is 16.7 Å². The summed E-state index contributed by atoms with van der Waals surface area (Å²) in [7, 11) is 0. The van der Waals surface area contributed by atoms with Crippen molar-refractivity contribution in [2.45, 2.75) is 32.6 Å². The number of benzene rings is 3. The van der Waals surface area contributed by atoms with E-state index in [4.69, 9.17) is 10.1 Å². The van der Waals surface area contributed by atoms with Gasteiger partial charge in [-0.1, -0.05) is 55.5 Å². The molecule has 0 atom stereocenters. The van der Waals surface area contributed by atoms with Crippen molar-refractivity contribution in [1.82, 2.24) is 14.6 Å². The summed E-state index contributed by atoms with van der Waals surface area (Å²) in [6.07, 6.45) is 4.92. The molecule has 1 saturated heterocycles. The lowest BCUT2D eigenvalue weighted by Gasteiger charge is -2.28. The Balaban J connectivity index is 1.60. The van der Waals surface area contributed by atoms with E-state index in [1.807, 2.05) is 4.52 Å². The Morgan fingerprint density at radius 2 is 1.61 bits per heavy atom. The first kappa shape index (κ1) is 18.4. The smallest absolute Gasteiger partial charge is 0.162 e. The van der Waals surface area contributed by atoms with Crippen LogP contribution in [0, 0.1) is 0 Å². The van der Waals surface area contributed by atoms with Crippen LogP contribution < -0.4 is 4.90 Å². The van der Waals surface area contributed by atoms with Crippen molar-refractivity contribution in [2.75, 3.05) is 18.0 Å². The molecule has 4 nitrogen and oxygen atoms in total. The van der Waals surface area contributed by atoms with Gasteiger partial charge in [-0.2, -0.15) is 5.10 Å². The molecule has 0 amide bonds. The molecule has 0 aliphatic carbocycles. The van der Waals surface area contributed by atoms with Gasteiger partial charge in [0.25, 0.3) is 0 Å². The number of hydrogen-bond acceptors (Lipinski definition) is 3. The van der Waals surface area contributed by atoms with Crippen molar-refractivity contribution in [1.29, 1.82) is 0 Å². The minimum atomic E-state index is 0.926. The molecule has 2 aromatic heterocycles. The molecule has 0 radical (unpaired) electrons. The molecule has 3 aromatic carbocycles. The van der Waals surface area contributed by atoms with Crippen LogP contribution in [-0.2, 0) is 6.42 Å². The average Bonchev–Trinajstić information content (AvgIpc) is 3.22. The third-order valence-electron chi connectivity index (χ3n) is 6.59. The van der Waals surface area contributed by atoms with E-state index in [-0.39, 0.29) is 0 Å². The largest absolute Gasteiger partial charge is 0.371 e. The number of rotatable bonds is 3. The Hall–Kier alpha value is -3.40. The highest BCUT2D eigenvalue weighted by Gasteiger charge is 2.17. The van der Waals surface area contributed by atoms with Crippen molar-refractivity contribution in [3.63, 3.8) is 0 Å². The maximum atomic E-state index is 5.14. The van der Waals surface area contributed by atoms with E-state index in [1.54, 1.807) is 0 Å². The molecule has 0 unspecified atom stereocenters. The van der Waals surface area contributed by atoms with Gasteiger partial charge < -0.3 is 4.90 Å². The summed E-state index contributed by atoms with van der Waals surface area (Å²) >= 11 is 0. The number of hydrogen-bond donors (Lipinski definition) is 0. The van der Waals surface area contributed by atoms with Gasteiger partial charge in [-0.15, -0.1) is 0 Å². The standard InChI is InChI=1S/C27H26N4/c1-2-19-10-12-20(13-11-19)26-22-8-4-5-9-23(22)27-28-24-15-14-21(18-25(24)31(27)29-26)30-16-6-3-7-17-30/h4-5,8-15,18H,2-3,6-7,16-17H2,1H3. The average molecular weight is 407 g/mol. The summed E-state index contributed by atoms with van der Waals surface area (Å²) in [5.41, 5.74) is 7.77. The fourth-order valence-electron chi connectivity index (χ4n) is 4.83. The fraction of sp³-hybridized carbons (Fsp3) is 0.259. The maximum absolute atomic E-state index is 5.14. The quantitative estimate of drug-likeness (QED) is 0.355. The summed E-state index contributed by atoms with van der Waals surface area (Å²) < 4.78 is 2.05. The zero-order chi connectivity index (χ0) is 20.8. The van der Waals surface area contributed by atoms with Gasteiger partial charge in [0.1, 0.15) is 0 Å². The number of imidazole rings is 1. The Bertz CT molecular complexity index is 1390. The molecule has 1 aliphatic rings. The fourth-order valence-corrected chi connectivity index (χ4v) is 4.83. The van der Waals surface area contributed by atoms with Crippen molar-refractivity contribution in [3.05, 3.63) is 72.3 Å². The van der Waals surface area contributed by atoms with Gasteiger partial charge in [0.2, 0.25) is 0 Å². The Morgan fingerprint density at radius 3 is 2.39 bits per heavy atom. The van der Waals surface area contributed by atoms with Crippen LogP contribution in [0.25, 0.3) is 38.7 Å². The van der Waals surface area contributed by atoms with E-state index in [2.05, 4.69) is 78.6 Å². The third-order valence-corrected chi connectivity index (χ3v) is 6.59. The zero-order valence-corrected chi connectivity index (χ0v) is 17.9. The van der Waals surface area contributed by atoms with E-state index in [0.29, 0.717) is 0 Å². The Kier molecular flexibility index (Phi) is 4.37. The van der Waals surface area contributed by atoms with Crippen molar-refractivity contribution in [3.8, 4) is 11.3 Å².